The van der Waals surface area contributed by atoms with Crippen molar-refractivity contribution in [1.29, 1.82) is 0 Å². The Labute approximate surface area is 95.1 Å². The van der Waals surface area contributed by atoms with Crippen LogP contribution in [0.4, 0.5) is 0 Å². The monoisotopic (exact) mass is 241 g/mol. The number of hydrogen-bond donors (Lipinski definition) is 2. The second kappa shape index (κ2) is 3.81. The molecule has 0 amide bonds. The summed E-state index contributed by atoms with van der Waals surface area (Å²) in [5, 5.41) is 10.3. The van der Waals surface area contributed by atoms with E-state index in [0.717, 1.165) is 10.1 Å². The fourth-order valence-electron chi connectivity index (χ4n) is 1.32. The summed E-state index contributed by atoms with van der Waals surface area (Å²) in [4.78, 5) is 11.3. The van der Waals surface area contributed by atoms with Crippen molar-refractivity contribution in [3.8, 4) is 0 Å². The molecule has 1 heterocycles. The van der Waals surface area contributed by atoms with Crippen LogP contribution in [-0.4, -0.2) is 11.1 Å². The number of carboxylic acids is 1. The van der Waals surface area contributed by atoms with Gasteiger partial charge in [-0.3, -0.25) is 4.79 Å². The highest BCUT2D eigenvalue weighted by Gasteiger charge is 2.17. The highest BCUT2D eigenvalue weighted by atomic mass is 35.5. The molecule has 3 N–H and O–H groups in total. The van der Waals surface area contributed by atoms with Crippen LogP contribution in [0.15, 0.2) is 24.3 Å². The van der Waals surface area contributed by atoms with E-state index in [1.165, 1.54) is 11.3 Å². The molecule has 0 spiro atoms. The van der Waals surface area contributed by atoms with Gasteiger partial charge >= 0.3 is 5.97 Å². The Kier molecular flexibility index (Phi) is 2.65. The lowest BCUT2D eigenvalue weighted by Crippen LogP contribution is -2.19. The van der Waals surface area contributed by atoms with Crippen LogP contribution in [-0.2, 0) is 4.79 Å². The van der Waals surface area contributed by atoms with Crippen LogP contribution in [0.25, 0.3) is 10.1 Å². The van der Waals surface area contributed by atoms with Crippen molar-refractivity contribution in [3.63, 3.8) is 0 Å². The number of carboxylic acid groups (broad SMARTS) is 1. The van der Waals surface area contributed by atoms with E-state index in [1.807, 2.05) is 12.1 Å². The van der Waals surface area contributed by atoms with Gasteiger partial charge in [-0.15, -0.1) is 11.3 Å². The molecule has 0 radical (unpaired) electrons. The second-order valence-electron chi connectivity index (χ2n) is 3.12. The van der Waals surface area contributed by atoms with Crippen molar-refractivity contribution >= 4 is 39.0 Å². The molecule has 1 aromatic carbocycles. The Morgan fingerprint density at radius 3 is 2.87 bits per heavy atom. The zero-order chi connectivity index (χ0) is 11.0. The molecule has 78 valence electrons. The molecule has 5 heteroatoms. The van der Waals surface area contributed by atoms with E-state index in [9.17, 15) is 4.79 Å². The molecule has 2 aromatic rings. The minimum Gasteiger partial charge on any atom is -0.480 e. The first-order valence-corrected chi connectivity index (χ1v) is 5.45. The summed E-state index contributed by atoms with van der Waals surface area (Å²) >= 11 is 7.30. The number of thiophene rings is 1. The first-order chi connectivity index (χ1) is 7.09. The quantitative estimate of drug-likeness (QED) is 0.850. The molecule has 1 aromatic heterocycles. The summed E-state index contributed by atoms with van der Waals surface area (Å²) in [5.74, 6) is -1.03. The summed E-state index contributed by atoms with van der Waals surface area (Å²) < 4.78 is 0.880. The Morgan fingerprint density at radius 2 is 2.27 bits per heavy atom. The maximum absolute atomic E-state index is 10.7. The van der Waals surface area contributed by atoms with Gasteiger partial charge in [0.15, 0.2) is 0 Å². The van der Waals surface area contributed by atoms with Gasteiger partial charge in [0.05, 0.1) is 9.72 Å². The smallest absolute Gasteiger partial charge is 0.325 e. The predicted octanol–water partition coefficient (Wildman–Crippen LogP) is 2.64. The van der Waals surface area contributed by atoms with Crippen LogP contribution < -0.4 is 5.73 Å². The molecule has 1 atom stereocenters. The third kappa shape index (κ3) is 1.84. The molecule has 0 saturated carbocycles. The Hall–Kier alpha value is -1.10. The number of carbonyl (C=O) groups is 1. The summed E-state index contributed by atoms with van der Waals surface area (Å²) in [6.45, 7) is 0. The van der Waals surface area contributed by atoms with Crippen LogP contribution in [0.2, 0.25) is 5.02 Å². The molecule has 3 nitrogen and oxygen atoms in total. The topological polar surface area (TPSA) is 63.3 Å². The number of aliphatic carboxylic acids is 1. The summed E-state index contributed by atoms with van der Waals surface area (Å²) in [7, 11) is 0. The number of halogens is 1. The Bertz CT molecular complexity index is 523. The normalized spacial score (nSPS) is 12.9. The summed E-state index contributed by atoms with van der Waals surface area (Å²) in [6, 6.07) is 6.28. The average Bonchev–Trinajstić information content (AvgIpc) is 2.61. The summed E-state index contributed by atoms with van der Waals surface area (Å²) in [6.07, 6.45) is 0. The number of hydrogen-bond acceptors (Lipinski definition) is 3. The van der Waals surface area contributed by atoms with Crippen LogP contribution >= 0.6 is 22.9 Å². The minimum absolute atomic E-state index is 0.616. The van der Waals surface area contributed by atoms with Crippen molar-refractivity contribution in [1.82, 2.24) is 0 Å². The van der Waals surface area contributed by atoms with Gasteiger partial charge in [0, 0.05) is 4.88 Å². The maximum Gasteiger partial charge on any atom is 0.325 e. The Balaban J connectivity index is 2.56. The number of benzene rings is 1. The molecule has 0 bridgehead atoms. The van der Waals surface area contributed by atoms with Gasteiger partial charge in [-0.25, -0.2) is 0 Å². The average molecular weight is 242 g/mol. The van der Waals surface area contributed by atoms with E-state index in [0.29, 0.717) is 9.90 Å². The SMILES string of the molecule is NC(C(=O)O)c1cc2cccc(Cl)c2s1. The maximum atomic E-state index is 10.7. The van der Waals surface area contributed by atoms with E-state index >= 15 is 0 Å². The lowest BCUT2D eigenvalue weighted by molar-refractivity contribution is -0.138. The molecule has 1 unspecified atom stereocenters. The van der Waals surface area contributed by atoms with Crippen molar-refractivity contribution in [2.24, 2.45) is 5.73 Å². The third-order valence-corrected chi connectivity index (χ3v) is 3.78. The van der Waals surface area contributed by atoms with Crippen molar-refractivity contribution in [2.75, 3.05) is 0 Å². The van der Waals surface area contributed by atoms with Gasteiger partial charge in [-0.2, -0.15) is 0 Å². The molecular formula is C10H8ClNO2S. The standard InChI is InChI=1S/C10H8ClNO2S/c11-6-3-1-2-5-4-7(15-9(5)6)8(12)10(13)14/h1-4,8H,12H2,(H,13,14). The van der Waals surface area contributed by atoms with Crippen LogP contribution in [0.3, 0.4) is 0 Å². The van der Waals surface area contributed by atoms with Gasteiger partial charge in [0.25, 0.3) is 0 Å². The molecular weight excluding hydrogens is 234 g/mol. The highest BCUT2D eigenvalue weighted by molar-refractivity contribution is 7.19. The van der Waals surface area contributed by atoms with Crippen molar-refractivity contribution < 1.29 is 9.90 Å². The lowest BCUT2D eigenvalue weighted by atomic mass is 10.2. The predicted molar refractivity (Wildman–Crippen MR) is 61.4 cm³/mol. The molecule has 0 saturated heterocycles. The molecule has 0 aliphatic carbocycles. The molecule has 15 heavy (non-hydrogen) atoms. The first kappa shape index (κ1) is 10.4. The van der Waals surface area contributed by atoms with E-state index in [-0.39, 0.29) is 0 Å². The Morgan fingerprint density at radius 1 is 1.53 bits per heavy atom. The van der Waals surface area contributed by atoms with Gasteiger partial charge in [0.2, 0.25) is 0 Å². The van der Waals surface area contributed by atoms with E-state index in [1.54, 1.807) is 12.1 Å². The van der Waals surface area contributed by atoms with Crippen LogP contribution in [0, 0.1) is 0 Å². The van der Waals surface area contributed by atoms with E-state index in [2.05, 4.69) is 0 Å². The minimum atomic E-state index is -1.03. The molecule has 2 rings (SSSR count). The van der Waals surface area contributed by atoms with Gasteiger partial charge < -0.3 is 10.8 Å². The first-order valence-electron chi connectivity index (χ1n) is 4.26. The largest absolute Gasteiger partial charge is 0.480 e. The van der Waals surface area contributed by atoms with Gasteiger partial charge in [-0.1, -0.05) is 23.7 Å². The zero-order valence-electron chi connectivity index (χ0n) is 7.61. The van der Waals surface area contributed by atoms with Crippen LogP contribution in [0.1, 0.15) is 10.9 Å². The molecule has 0 aliphatic rings. The molecule has 0 fully saturated rings. The van der Waals surface area contributed by atoms with E-state index < -0.39 is 12.0 Å². The third-order valence-electron chi connectivity index (χ3n) is 2.09. The van der Waals surface area contributed by atoms with Crippen molar-refractivity contribution in [3.05, 3.63) is 34.2 Å². The van der Waals surface area contributed by atoms with Crippen LogP contribution in [0.5, 0.6) is 0 Å². The van der Waals surface area contributed by atoms with E-state index in [4.69, 9.17) is 22.4 Å². The van der Waals surface area contributed by atoms with Gasteiger partial charge in [0.1, 0.15) is 6.04 Å². The molecule has 0 aliphatic heterocycles. The second-order valence-corrected chi connectivity index (χ2v) is 4.61. The van der Waals surface area contributed by atoms with Gasteiger partial charge in [-0.05, 0) is 17.5 Å². The van der Waals surface area contributed by atoms with Crippen molar-refractivity contribution in [2.45, 2.75) is 6.04 Å². The highest BCUT2D eigenvalue weighted by Crippen LogP contribution is 2.33. The number of fused-ring (bicyclic) bond motifs is 1. The summed E-state index contributed by atoms with van der Waals surface area (Å²) in [5.41, 5.74) is 5.52. The fraction of sp³-hybridized carbons (Fsp3) is 0.100. The number of rotatable bonds is 2. The number of nitrogens with two attached hydrogens (primary N) is 1. The lowest BCUT2D eigenvalue weighted by Gasteiger charge is -2.00. The fourth-order valence-corrected chi connectivity index (χ4v) is 2.68. The zero-order valence-corrected chi connectivity index (χ0v) is 9.18.